The van der Waals surface area contributed by atoms with Crippen molar-refractivity contribution in [2.24, 2.45) is 11.3 Å². The van der Waals surface area contributed by atoms with E-state index in [0.717, 1.165) is 0 Å². The van der Waals surface area contributed by atoms with Gasteiger partial charge in [-0.3, -0.25) is 0 Å². The zero-order valence-corrected chi connectivity index (χ0v) is 9.29. The summed E-state index contributed by atoms with van der Waals surface area (Å²) in [5.41, 5.74) is -0.389. The van der Waals surface area contributed by atoms with E-state index in [1.165, 1.54) is 0 Å². The van der Waals surface area contributed by atoms with Gasteiger partial charge in [0.25, 0.3) is 0 Å². The molecule has 0 aromatic heterocycles. The summed E-state index contributed by atoms with van der Waals surface area (Å²) in [7, 11) is 0. The Kier molecular flexibility index (Phi) is 3.73. The maximum atomic E-state index is 9.84. The Morgan fingerprint density at radius 1 is 1.07 bits per heavy atom. The Bertz CT molecular complexity index is 212. The van der Waals surface area contributed by atoms with Crippen LogP contribution in [0.4, 0.5) is 0 Å². The van der Waals surface area contributed by atoms with E-state index in [1.807, 2.05) is 20.8 Å². The summed E-state index contributed by atoms with van der Waals surface area (Å²) in [6, 6.07) is 0. The molecule has 5 heteroatoms. The Hall–Kier alpha value is -0.200. The molecule has 0 aliphatic carbocycles. The first kappa shape index (κ1) is 12.9. The fourth-order valence-corrected chi connectivity index (χ4v) is 2.04. The molecule has 1 aliphatic heterocycles. The van der Waals surface area contributed by atoms with E-state index in [0.29, 0.717) is 0 Å². The van der Waals surface area contributed by atoms with Gasteiger partial charge in [0.05, 0.1) is 12.7 Å². The van der Waals surface area contributed by atoms with E-state index in [-0.39, 0.29) is 5.41 Å². The maximum absolute atomic E-state index is 9.84. The van der Waals surface area contributed by atoms with Gasteiger partial charge in [-0.15, -0.1) is 0 Å². The third-order valence-corrected chi connectivity index (χ3v) is 2.90. The van der Waals surface area contributed by atoms with Gasteiger partial charge in [0.15, 0.2) is 6.29 Å². The SMILES string of the molecule is CC(C)(C)C1[C@H](O)OC(CO)[C@H](O)[C@@H]1O. The standard InChI is InChI=1S/C10H20O5/c1-10(2,3)6-8(13)7(12)5(4-11)15-9(6)14/h5-9,11-14H,4H2,1-3H3/t5?,6?,7-,8+,9+/m0/s1. The van der Waals surface area contributed by atoms with E-state index in [9.17, 15) is 15.3 Å². The van der Waals surface area contributed by atoms with Gasteiger partial charge in [-0.2, -0.15) is 0 Å². The number of rotatable bonds is 1. The molecule has 1 fully saturated rings. The lowest BCUT2D eigenvalue weighted by atomic mass is 9.73. The normalized spacial score (nSPS) is 43.0. The molecule has 2 unspecified atom stereocenters. The number of hydrogen-bond donors (Lipinski definition) is 4. The van der Waals surface area contributed by atoms with Crippen LogP contribution in [0, 0.1) is 11.3 Å². The van der Waals surface area contributed by atoms with Crippen LogP contribution < -0.4 is 0 Å². The molecular weight excluding hydrogens is 200 g/mol. The summed E-state index contributed by atoms with van der Waals surface area (Å²) >= 11 is 0. The molecule has 4 N–H and O–H groups in total. The molecule has 0 bridgehead atoms. The van der Waals surface area contributed by atoms with Crippen LogP contribution in [0.25, 0.3) is 0 Å². The summed E-state index contributed by atoms with van der Waals surface area (Å²) in [5, 5.41) is 38.1. The minimum Gasteiger partial charge on any atom is -0.394 e. The molecule has 1 rings (SSSR count). The predicted octanol–water partition coefficient (Wildman–Crippen LogP) is -0.920. The topological polar surface area (TPSA) is 90.2 Å². The van der Waals surface area contributed by atoms with Crippen LogP contribution in [0.2, 0.25) is 0 Å². The molecule has 1 heterocycles. The van der Waals surface area contributed by atoms with Gasteiger partial charge in [0, 0.05) is 5.92 Å². The van der Waals surface area contributed by atoms with Gasteiger partial charge >= 0.3 is 0 Å². The van der Waals surface area contributed by atoms with Crippen LogP contribution in [0.1, 0.15) is 20.8 Å². The predicted molar refractivity (Wildman–Crippen MR) is 52.9 cm³/mol. The number of aliphatic hydroxyl groups excluding tert-OH is 4. The Morgan fingerprint density at radius 3 is 2.00 bits per heavy atom. The molecule has 1 aliphatic rings. The first-order valence-electron chi connectivity index (χ1n) is 5.09. The number of ether oxygens (including phenoxy) is 1. The second kappa shape index (κ2) is 4.35. The summed E-state index contributed by atoms with van der Waals surface area (Å²) < 4.78 is 5.05. The van der Waals surface area contributed by atoms with Gasteiger partial charge < -0.3 is 25.2 Å². The largest absolute Gasteiger partial charge is 0.394 e. The zero-order valence-electron chi connectivity index (χ0n) is 9.29. The average molecular weight is 220 g/mol. The molecule has 15 heavy (non-hydrogen) atoms. The summed E-state index contributed by atoms with van der Waals surface area (Å²) in [5.74, 6) is -0.574. The molecule has 5 atom stereocenters. The molecule has 0 radical (unpaired) electrons. The van der Waals surface area contributed by atoms with Crippen molar-refractivity contribution in [3.63, 3.8) is 0 Å². The second-order valence-corrected chi connectivity index (χ2v) is 5.12. The smallest absolute Gasteiger partial charge is 0.161 e. The van der Waals surface area contributed by atoms with Crippen LogP contribution >= 0.6 is 0 Å². The van der Waals surface area contributed by atoms with Crippen molar-refractivity contribution in [2.45, 2.75) is 45.4 Å². The lowest BCUT2D eigenvalue weighted by Crippen LogP contribution is -2.58. The minimum absolute atomic E-state index is 0.389. The molecule has 1 saturated heterocycles. The van der Waals surface area contributed by atoms with Crippen LogP contribution in [0.5, 0.6) is 0 Å². The molecule has 0 aromatic carbocycles. The molecule has 0 aromatic rings. The van der Waals surface area contributed by atoms with Gasteiger partial charge in [-0.25, -0.2) is 0 Å². The summed E-state index contributed by atoms with van der Waals surface area (Å²) in [6.45, 7) is 5.12. The van der Waals surface area contributed by atoms with Crippen molar-refractivity contribution in [1.29, 1.82) is 0 Å². The highest BCUT2D eigenvalue weighted by molar-refractivity contribution is 4.93. The Balaban J connectivity index is 2.84. The van der Waals surface area contributed by atoms with Crippen LogP contribution in [-0.2, 0) is 4.74 Å². The third kappa shape index (κ3) is 2.49. The first-order valence-corrected chi connectivity index (χ1v) is 5.09. The van der Waals surface area contributed by atoms with Crippen molar-refractivity contribution >= 4 is 0 Å². The monoisotopic (exact) mass is 220 g/mol. The van der Waals surface area contributed by atoms with E-state index in [2.05, 4.69) is 0 Å². The van der Waals surface area contributed by atoms with Gasteiger partial charge in [0.1, 0.15) is 12.2 Å². The van der Waals surface area contributed by atoms with Crippen molar-refractivity contribution in [1.82, 2.24) is 0 Å². The number of aliphatic hydroxyl groups is 4. The van der Waals surface area contributed by atoms with E-state index < -0.39 is 37.1 Å². The van der Waals surface area contributed by atoms with Gasteiger partial charge in [-0.1, -0.05) is 20.8 Å². The van der Waals surface area contributed by atoms with Crippen LogP contribution in [-0.4, -0.2) is 51.6 Å². The van der Waals surface area contributed by atoms with Crippen LogP contribution in [0.3, 0.4) is 0 Å². The second-order valence-electron chi connectivity index (χ2n) is 5.12. The van der Waals surface area contributed by atoms with Crippen molar-refractivity contribution < 1.29 is 25.2 Å². The first-order chi connectivity index (χ1) is 6.79. The highest BCUT2D eigenvalue weighted by Crippen LogP contribution is 2.37. The van der Waals surface area contributed by atoms with Crippen molar-refractivity contribution in [2.75, 3.05) is 6.61 Å². The molecular formula is C10H20O5. The van der Waals surface area contributed by atoms with Crippen LogP contribution in [0.15, 0.2) is 0 Å². The van der Waals surface area contributed by atoms with Crippen molar-refractivity contribution in [3.8, 4) is 0 Å². The summed E-state index contributed by atoms with van der Waals surface area (Å²) in [4.78, 5) is 0. The Labute approximate surface area is 89.3 Å². The Morgan fingerprint density at radius 2 is 1.60 bits per heavy atom. The number of hydrogen-bond acceptors (Lipinski definition) is 5. The van der Waals surface area contributed by atoms with Crippen molar-refractivity contribution in [3.05, 3.63) is 0 Å². The summed E-state index contributed by atoms with van der Waals surface area (Å²) in [6.07, 6.45) is -4.34. The molecule has 0 saturated carbocycles. The van der Waals surface area contributed by atoms with E-state index >= 15 is 0 Å². The highest BCUT2D eigenvalue weighted by atomic mass is 16.6. The highest BCUT2D eigenvalue weighted by Gasteiger charge is 2.48. The molecule has 0 amide bonds. The van der Waals surface area contributed by atoms with Gasteiger partial charge in [-0.05, 0) is 5.41 Å². The van der Waals surface area contributed by atoms with E-state index in [4.69, 9.17) is 9.84 Å². The molecule has 5 nitrogen and oxygen atoms in total. The lowest BCUT2D eigenvalue weighted by Gasteiger charge is -2.45. The maximum Gasteiger partial charge on any atom is 0.161 e. The quantitative estimate of drug-likeness (QED) is 0.459. The fraction of sp³-hybridized carbons (Fsp3) is 1.00. The fourth-order valence-electron chi connectivity index (χ4n) is 2.04. The zero-order chi connectivity index (χ0) is 11.8. The average Bonchev–Trinajstić information content (AvgIpc) is 2.09. The lowest BCUT2D eigenvalue weighted by molar-refractivity contribution is -0.286. The van der Waals surface area contributed by atoms with E-state index in [1.54, 1.807) is 0 Å². The molecule has 0 spiro atoms. The van der Waals surface area contributed by atoms with Gasteiger partial charge in [0.2, 0.25) is 0 Å². The minimum atomic E-state index is -1.17. The molecule has 90 valence electrons. The third-order valence-electron chi connectivity index (χ3n) is 2.90.